The largest absolute Gasteiger partial charge is 0.103 e. The molecule has 0 N–H and O–H groups in total. The molecule has 0 bridgehead atoms. The maximum absolute atomic E-state index is 3.90. The van der Waals surface area contributed by atoms with Crippen LogP contribution in [0, 0.1) is 25.7 Å². The Morgan fingerprint density at radius 2 is 0.519 bits per heavy atom. The molecule has 0 aliphatic rings. The smallest absolute Gasteiger partial charge is 0.00886 e. The summed E-state index contributed by atoms with van der Waals surface area (Å²) < 4.78 is 0. The maximum Gasteiger partial charge on any atom is 0.00886 e. The standard InChI is InChI=1S/C27H50/c1-3-5-7-9-11-13-15-17-19-21-23-25-27-26-24-22-20-18-16-14-12-10-8-6-4-2/h1-19,21,23-27H2. The van der Waals surface area contributed by atoms with Gasteiger partial charge < -0.3 is 0 Å². The van der Waals surface area contributed by atoms with E-state index >= 15 is 0 Å². The van der Waals surface area contributed by atoms with Gasteiger partial charge in [-0.1, -0.05) is 136 Å². The van der Waals surface area contributed by atoms with E-state index in [2.05, 4.69) is 25.7 Å². The van der Waals surface area contributed by atoms with Gasteiger partial charge in [0.25, 0.3) is 0 Å². The van der Waals surface area contributed by atoms with E-state index in [9.17, 15) is 0 Å². The number of unbranched alkanes of at least 4 members (excludes halogenated alkanes) is 21. The minimum absolute atomic E-state index is 1.10. The van der Waals surface area contributed by atoms with Crippen molar-refractivity contribution in [1.82, 2.24) is 0 Å². The van der Waals surface area contributed by atoms with Crippen LogP contribution >= 0.6 is 0 Å². The predicted molar refractivity (Wildman–Crippen MR) is 125 cm³/mol. The van der Waals surface area contributed by atoms with E-state index in [4.69, 9.17) is 0 Å². The number of hydrogen-bond donors (Lipinski definition) is 0. The molecule has 0 aliphatic heterocycles. The molecular formula is C27H50. The number of rotatable bonds is 21. The van der Waals surface area contributed by atoms with Crippen LogP contribution in [-0.2, 0) is 0 Å². The zero-order valence-corrected chi connectivity index (χ0v) is 18.7. The van der Waals surface area contributed by atoms with Gasteiger partial charge in [-0.2, -0.15) is 0 Å². The minimum Gasteiger partial charge on any atom is -0.103 e. The Morgan fingerprint density at radius 1 is 0.296 bits per heavy atom. The first kappa shape index (κ1) is 26.6. The molecule has 0 unspecified atom stereocenters. The van der Waals surface area contributed by atoms with Crippen LogP contribution in [0.5, 0.6) is 0 Å². The first-order valence-corrected chi connectivity index (χ1v) is 12.5. The van der Waals surface area contributed by atoms with Gasteiger partial charge in [0.1, 0.15) is 0 Å². The van der Waals surface area contributed by atoms with Crippen molar-refractivity contribution >= 4 is 0 Å². The highest BCUT2D eigenvalue weighted by atomic mass is 14.0. The molecular weight excluding hydrogens is 324 g/mol. The van der Waals surface area contributed by atoms with Gasteiger partial charge in [0.2, 0.25) is 0 Å². The molecule has 0 rings (SSSR count). The van der Waals surface area contributed by atoms with Crippen LogP contribution in [0.15, 0.2) is 0 Å². The Morgan fingerprint density at radius 3 is 0.778 bits per heavy atom. The van der Waals surface area contributed by atoms with Gasteiger partial charge in [-0.3, -0.25) is 0 Å². The van der Waals surface area contributed by atoms with Crippen molar-refractivity contribution < 1.29 is 0 Å². The molecule has 0 aromatic rings. The summed E-state index contributed by atoms with van der Waals surface area (Å²) in [4.78, 5) is 0. The van der Waals surface area contributed by atoms with Crippen molar-refractivity contribution in [2.24, 2.45) is 0 Å². The van der Waals surface area contributed by atoms with Crippen LogP contribution < -0.4 is 0 Å². The Kier molecular flexibility index (Phi) is 25.1. The van der Waals surface area contributed by atoms with Crippen molar-refractivity contribution in [2.45, 2.75) is 148 Å². The maximum atomic E-state index is 3.90. The lowest BCUT2D eigenvalue weighted by atomic mass is 10.0. The summed E-state index contributed by atoms with van der Waals surface area (Å²) in [6.07, 6.45) is 31.0. The first-order chi connectivity index (χ1) is 13.4. The Balaban J connectivity index is 3.07. The second-order valence-electron chi connectivity index (χ2n) is 8.28. The van der Waals surface area contributed by atoms with E-state index < -0.39 is 0 Å². The topological polar surface area (TPSA) is 0 Å². The molecule has 0 amide bonds. The summed E-state index contributed by atoms with van der Waals surface area (Å²) in [7, 11) is 0. The third kappa shape index (κ3) is 25.6. The predicted octanol–water partition coefficient (Wildman–Crippen LogP) is 9.63. The highest BCUT2D eigenvalue weighted by Crippen LogP contribution is 2.13. The second-order valence-corrected chi connectivity index (χ2v) is 8.28. The SMILES string of the molecule is [CH2]CCCCCCCCC#CCCCCCCCCCCCCCCC[CH2]. The number of hydrogen-bond acceptors (Lipinski definition) is 0. The lowest BCUT2D eigenvalue weighted by Crippen LogP contribution is -1.83. The molecule has 0 nitrogen and oxygen atoms in total. The molecule has 158 valence electrons. The third-order valence-corrected chi connectivity index (χ3v) is 5.48. The molecule has 0 saturated carbocycles. The van der Waals surface area contributed by atoms with Gasteiger partial charge in [0.15, 0.2) is 0 Å². The molecule has 0 heterocycles. The third-order valence-electron chi connectivity index (χ3n) is 5.48. The highest BCUT2D eigenvalue weighted by Gasteiger charge is 1.94. The van der Waals surface area contributed by atoms with E-state index in [-0.39, 0.29) is 0 Å². The van der Waals surface area contributed by atoms with E-state index in [1.54, 1.807) is 0 Å². The zero-order chi connectivity index (χ0) is 19.7. The highest BCUT2D eigenvalue weighted by molar-refractivity contribution is 4.98. The average Bonchev–Trinajstić information content (AvgIpc) is 2.68. The summed E-state index contributed by atoms with van der Waals surface area (Å²) in [5.74, 6) is 6.75. The Bertz CT molecular complexity index is 306. The van der Waals surface area contributed by atoms with Gasteiger partial charge in [-0.05, 0) is 12.8 Å². The van der Waals surface area contributed by atoms with Crippen molar-refractivity contribution in [1.29, 1.82) is 0 Å². The quantitative estimate of drug-likeness (QED) is 0.138. The molecule has 27 heavy (non-hydrogen) atoms. The molecule has 0 heteroatoms. The van der Waals surface area contributed by atoms with Crippen molar-refractivity contribution in [2.75, 3.05) is 0 Å². The molecule has 0 saturated heterocycles. The monoisotopic (exact) mass is 374 g/mol. The summed E-state index contributed by atoms with van der Waals surface area (Å²) in [6.45, 7) is 7.80. The average molecular weight is 375 g/mol. The fraction of sp³-hybridized carbons (Fsp3) is 0.852. The normalized spacial score (nSPS) is 10.7. The van der Waals surface area contributed by atoms with E-state index in [0.29, 0.717) is 0 Å². The van der Waals surface area contributed by atoms with Crippen LogP contribution in [0.2, 0.25) is 0 Å². The van der Waals surface area contributed by atoms with E-state index in [1.807, 2.05) is 0 Å². The zero-order valence-electron chi connectivity index (χ0n) is 18.7. The van der Waals surface area contributed by atoms with Crippen LogP contribution in [-0.4, -0.2) is 0 Å². The van der Waals surface area contributed by atoms with Gasteiger partial charge in [0.05, 0.1) is 0 Å². The van der Waals surface area contributed by atoms with Crippen LogP contribution in [0.1, 0.15) is 148 Å². The molecule has 0 atom stereocenters. The van der Waals surface area contributed by atoms with Crippen molar-refractivity contribution in [3.63, 3.8) is 0 Å². The van der Waals surface area contributed by atoms with E-state index in [0.717, 1.165) is 25.7 Å². The summed E-state index contributed by atoms with van der Waals surface area (Å²) in [5, 5.41) is 0. The van der Waals surface area contributed by atoms with Gasteiger partial charge in [-0.15, -0.1) is 11.8 Å². The van der Waals surface area contributed by atoms with Crippen molar-refractivity contribution in [3.8, 4) is 11.8 Å². The summed E-state index contributed by atoms with van der Waals surface area (Å²) >= 11 is 0. The van der Waals surface area contributed by atoms with Gasteiger partial charge >= 0.3 is 0 Å². The van der Waals surface area contributed by atoms with Crippen LogP contribution in [0.3, 0.4) is 0 Å². The first-order valence-electron chi connectivity index (χ1n) is 12.5. The van der Waals surface area contributed by atoms with Crippen molar-refractivity contribution in [3.05, 3.63) is 13.8 Å². The molecule has 2 radical (unpaired) electrons. The Hall–Kier alpha value is -0.440. The molecule has 0 aliphatic carbocycles. The van der Waals surface area contributed by atoms with Gasteiger partial charge in [-0.25, -0.2) is 0 Å². The lowest BCUT2D eigenvalue weighted by Gasteiger charge is -2.02. The molecule has 0 aromatic heterocycles. The van der Waals surface area contributed by atoms with Gasteiger partial charge in [0, 0.05) is 12.8 Å². The molecule has 0 aromatic carbocycles. The van der Waals surface area contributed by atoms with Crippen LogP contribution in [0.25, 0.3) is 0 Å². The summed E-state index contributed by atoms with van der Waals surface area (Å²) in [6, 6.07) is 0. The van der Waals surface area contributed by atoms with E-state index in [1.165, 1.54) is 122 Å². The Labute approximate surface area is 173 Å². The van der Waals surface area contributed by atoms with Crippen LogP contribution in [0.4, 0.5) is 0 Å². The minimum atomic E-state index is 1.10. The molecule has 0 spiro atoms. The summed E-state index contributed by atoms with van der Waals surface area (Å²) in [5.41, 5.74) is 0. The molecule has 0 fully saturated rings. The second kappa shape index (κ2) is 25.6. The fourth-order valence-electron chi connectivity index (χ4n) is 3.61. The lowest BCUT2D eigenvalue weighted by molar-refractivity contribution is 0.538. The fourth-order valence-corrected chi connectivity index (χ4v) is 3.61.